The van der Waals surface area contributed by atoms with Crippen molar-refractivity contribution >= 4 is 5.95 Å². The zero-order valence-electron chi connectivity index (χ0n) is 11.3. The maximum Gasteiger partial charge on any atom is 0.240 e. The molecule has 0 saturated heterocycles. The van der Waals surface area contributed by atoms with Crippen LogP contribution in [0.15, 0.2) is 36.5 Å². The Balaban J connectivity index is 2.15. The van der Waals surface area contributed by atoms with Gasteiger partial charge in [-0.3, -0.25) is 5.43 Å². The molecule has 0 saturated carbocycles. The fraction of sp³-hybridized carbons (Fsp3) is 0.286. The fourth-order valence-electron chi connectivity index (χ4n) is 1.61. The van der Waals surface area contributed by atoms with Crippen molar-refractivity contribution in [2.75, 3.05) is 5.43 Å². The van der Waals surface area contributed by atoms with Crippen molar-refractivity contribution in [3.8, 4) is 11.6 Å². The average Bonchev–Trinajstić information content (AvgIpc) is 2.38. The highest BCUT2D eigenvalue weighted by Gasteiger charge is 2.13. The molecule has 0 bridgehead atoms. The molecule has 0 amide bonds. The van der Waals surface area contributed by atoms with Gasteiger partial charge in [-0.25, -0.2) is 10.8 Å². The van der Waals surface area contributed by atoms with Gasteiger partial charge in [-0.15, -0.1) is 0 Å². The van der Waals surface area contributed by atoms with Gasteiger partial charge < -0.3 is 4.74 Å². The molecule has 0 unspecified atom stereocenters. The van der Waals surface area contributed by atoms with E-state index in [2.05, 4.69) is 48.3 Å². The van der Waals surface area contributed by atoms with Crippen LogP contribution in [0, 0.1) is 0 Å². The number of aromatic nitrogens is 2. The van der Waals surface area contributed by atoms with Crippen LogP contribution in [0.25, 0.3) is 0 Å². The number of nitrogen functional groups attached to an aromatic ring is 1. The molecule has 1 aromatic heterocycles. The summed E-state index contributed by atoms with van der Waals surface area (Å²) < 4.78 is 5.64. The molecule has 1 aromatic carbocycles. The maximum absolute atomic E-state index is 5.64. The normalized spacial score (nSPS) is 11.2. The number of nitrogens with two attached hydrogens (primary N) is 1. The second-order valence-electron chi connectivity index (χ2n) is 5.24. The van der Waals surface area contributed by atoms with Crippen molar-refractivity contribution in [1.29, 1.82) is 0 Å². The Labute approximate surface area is 112 Å². The topological polar surface area (TPSA) is 73.1 Å². The van der Waals surface area contributed by atoms with Crippen LogP contribution >= 0.6 is 0 Å². The molecule has 0 aliphatic rings. The zero-order valence-corrected chi connectivity index (χ0v) is 11.3. The van der Waals surface area contributed by atoms with Crippen molar-refractivity contribution in [1.82, 2.24) is 9.97 Å². The zero-order chi connectivity index (χ0) is 13.9. The summed E-state index contributed by atoms with van der Waals surface area (Å²) in [4.78, 5) is 8.01. The summed E-state index contributed by atoms with van der Waals surface area (Å²) in [6, 6.07) is 9.65. The molecule has 0 aliphatic heterocycles. The lowest BCUT2D eigenvalue weighted by Crippen LogP contribution is -2.11. The van der Waals surface area contributed by atoms with Crippen LogP contribution in [0.2, 0.25) is 0 Å². The number of benzene rings is 1. The number of hydrazine groups is 1. The molecule has 2 aromatic rings. The highest BCUT2D eigenvalue weighted by molar-refractivity contribution is 5.34. The summed E-state index contributed by atoms with van der Waals surface area (Å²) in [6.07, 6.45) is 1.58. The number of hydrogen-bond donors (Lipinski definition) is 2. The Kier molecular flexibility index (Phi) is 3.66. The van der Waals surface area contributed by atoms with Crippen LogP contribution < -0.4 is 16.0 Å². The molecule has 0 atom stereocenters. The SMILES string of the molecule is CC(C)(C)c1ccc(Oc2ccnc(NN)n2)cc1. The third-order valence-electron chi connectivity index (χ3n) is 2.70. The molecule has 0 fully saturated rings. The predicted molar refractivity (Wildman–Crippen MR) is 75.1 cm³/mol. The lowest BCUT2D eigenvalue weighted by Gasteiger charge is -2.19. The number of anilines is 1. The van der Waals surface area contributed by atoms with Gasteiger partial charge in [0.2, 0.25) is 11.8 Å². The van der Waals surface area contributed by atoms with E-state index >= 15 is 0 Å². The smallest absolute Gasteiger partial charge is 0.240 e. The quantitative estimate of drug-likeness (QED) is 0.654. The Morgan fingerprint density at radius 2 is 1.79 bits per heavy atom. The van der Waals surface area contributed by atoms with E-state index in [1.54, 1.807) is 12.3 Å². The van der Waals surface area contributed by atoms with Crippen LogP contribution in [-0.2, 0) is 5.41 Å². The number of rotatable bonds is 3. The van der Waals surface area contributed by atoms with Gasteiger partial charge in [0.25, 0.3) is 0 Å². The molecule has 100 valence electrons. The average molecular weight is 258 g/mol. The first kappa shape index (κ1) is 13.3. The van der Waals surface area contributed by atoms with E-state index < -0.39 is 0 Å². The van der Waals surface area contributed by atoms with Gasteiger partial charge in [0, 0.05) is 12.3 Å². The Hall–Kier alpha value is -2.14. The Morgan fingerprint density at radius 1 is 1.11 bits per heavy atom. The summed E-state index contributed by atoms with van der Waals surface area (Å²) in [5.74, 6) is 6.75. The van der Waals surface area contributed by atoms with Gasteiger partial charge in [0.15, 0.2) is 0 Å². The van der Waals surface area contributed by atoms with E-state index in [0.29, 0.717) is 11.8 Å². The van der Waals surface area contributed by atoms with Gasteiger partial charge in [-0.05, 0) is 23.1 Å². The van der Waals surface area contributed by atoms with Gasteiger partial charge in [-0.2, -0.15) is 4.98 Å². The van der Waals surface area contributed by atoms with Crippen LogP contribution in [0.1, 0.15) is 26.3 Å². The van der Waals surface area contributed by atoms with Crippen LogP contribution in [0.5, 0.6) is 11.6 Å². The first-order valence-electron chi connectivity index (χ1n) is 6.07. The van der Waals surface area contributed by atoms with Crippen LogP contribution in [-0.4, -0.2) is 9.97 Å². The number of hydrogen-bond acceptors (Lipinski definition) is 5. The van der Waals surface area contributed by atoms with Crippen molar-refractivity contribution in [2.45, 2.75) is 26.2 Å². The van der Waals surface area contributed by atoms with E-state index in [1.165, 1.54) is 5.56 Å². The third kappa shape index (κ3) is 3.42. The molecule has 0 spiro atoms. The molecule has 19 heavy (non-hydrogen) atoms. The van der Waals surface area contributed by atoms with Crippen LogP contribution in [0.3, 0.4) is 0 Å². The summed E-state index contributed by atoms with van der Waals surface area (Å²) >= 11 is 0. The maximum atomic E-state index is 5.64. The van der Waals surface area contributed by atoms with Gasteiger partial charge in [0.05, 0.1) is 0 Å². The first-order valence-corrected chi connectivity index (χ1v) is 6.07. The second-order valence-corrected chi connectivity index (χ2v) is 5.24. The summed E-state index contributed by atoms with van der Waals surface area (Å²) in [5.41, 5.74) is 3.77. The summed E-state index contributed by atoms with van der Waals surface area (Å²) in [7, 11) is 0. The number of nitrogens with zero attached hydrogens (tertiary/aromatic N) is 2. The van der Waals surface area contributed by atoms with E-state index in [0.717, 1.165) is 5.75 Å². The number of nitrogens with one attached hydrogen (secondary N) is 1. The Bertz CT molecular complexity index is 546. The minimum Gasteiger partial charge on any atom is -0.439 e. The second kappa shape index (κ2) is 5.24. The van der Waals surface area contributed by atoms with E-state index in [9.17, 15) is 0 Å². The molecular weight excluding hydrogens is 240 g/mol. The first-order chi connectivity index (χ1) is 8.99. The minimum atomic E-state index is 0.129. The predicted octanol–water partition coefficient (Wildman–Crippen LogP) is 2.85. The van der Waals surface area contributed by atoms with Crippen LogP contribution in [0.4, 0.5) is 5.95 Å². The largest absolute Gasteiger partial charge is 0.439 e. The van der Waals surface area contributed by atoms with Crippen molar-refractivity contribution in [2.24, 2.45) is 5.84 Å². The molecule has 3 N–H and O–H groups in total. The van der Waals surface area contributed by atoms with Gasteiger partial charge in [0.1, 0.15) is 5.75 Å². The molecule has 2 rings (SSSR count). The molecule has 1 heterocycles. The summed E-state index contributed by atoms with van der Waals surface area (Å²) in [5, 5.41) is 0. The minimum absolute atomic E-state index is 0.129. The highest BCUT2D eigenvalue weighted by atomic mass is 16.5. The van der Waals surface area contributed by atoms with Gasteiger partial charge in [-0.1, -0.05) is 32.9 Å². The van der Waals surface area contributed by atoms with E-state index in [-0.39, 0.29) is 5.41 Å². The number of ether oxygens (including phenoxy) is 1. The molecular formula is C14H18N4O. The summed E-state index contributed by atoms with van der Waals surface area (Å²) in [6.45, 7) is 6.52. The Morgan fingerprint density at radius 3 is 2.37 bits per heavy atom. The lowest BCUT2D eigenvalue weighted by atomic mass is 9.87. The third-order valence-corrected chi connectivity index (χ3v) is 2.70. The molecule has 5 nitrogen and oxygen atoms in total. The van der Waals surface area contributed by atoms with E-state index in [4.69, 9.17) is 10.6 Å². The molecule has 0 aliphatic carbocycles. The monoisotopic (exact) mass is 258 g/mol. The molecule has 5 heteroatoms. The lowest BCUT2D eigenvalue weighted by molar-refractivity contribution is 0.461. The van der Waals surface area contributed by atoms with E-state index in [1.807, 2.05) is 12.1 Å². The standard InChI is InChI=1S/C14H18N4O/c1-14(2,3)10-4-6-11(7-5-10)19-12-8-9-16-13(17-12)18-15/h4-9H,15H2,1-3H3,(H,16,17,18). The fourth-order valence-corrected chi connectivity index (χ4v) is 1.61. The van der Waals surface area contributed by atoms with Crippen molar-refractivity contribution in [3.63, 3.8) is 0 Å². The van der Waals surface area contributed by atoms with Crippen molar-refractivity contribution in [3.05, 3.63) is 42.1 Å². The van der Waals surface area contributed by atoms with Gasteiger partial charge >= 0.3 is 0 Å². The molecule has 0 radical (unpaired) electrons. The highest BCUT2D eigenvalue weighted by Crippen LogP contribution is 2.26. The van der Waals surface area contributed by atoms with Crippen molar-refractivity contribution < 1.29 is 4.74 Å².